The van der Waals surface area contributed by atoms with Crippen LogP contribution in [0.4, 0.5) is 10.5 Å². The van der Waals surface area contributed by atoms with Crippen LogP contribution in [-0.2, 0) is 9.59 Å². The molecule has 35 heavy (non-hydrogen) atoms. The Kier molecular flexibility index (Phi) is 6.60. The maximum absolute atomic E-state index is 13.3. The summed E-state index contributed by atoms with van der Waals surface area (Å²) in [7, 11) is 1.62. The number of ether oxygens (including phenoxy) is 1. The molecule has 180 valence electrons. The summed E-state index contributed by atoms with van der Waals surface area (Å²) in [5.74, 6) is -0.232. The van der Waals surface area contributed by atoms with Crippen molar-refractivity contribution in [2.45, 2.75) is 40.0 Å². The number of benzene rings is 2. The summed E-state index contributed by atoms with van der Waals surface area (Å²) in [4.78, 5) is 39.6. The number of aryl methyl sites for hydroxylation is 1. The lowest BCUT2D eigenvalue weighted by molar-refractivity contribution is -0.122. The summed E-state index contributed by atoms with van der Waals surface area (Å²) in [6, 6.07) is 16.1. The number of carbonyl (C=O) groups is 3. The Morgan fingerprint density at radius 2 is 1.60 bits per heavy atom. The van der Waals surface area contributed by atoms with Gasteiger partial charge in [-0.3, -0.25) is 14.9 Å². The van der Waals surface area contributed by atoms with E-state index in [1.165, 1.54) is 0 Å². The maximum atomic E-state index is 13.3. The molecule has 2 heterocycles. The van der Waals surface area contributed by atoms with E-state index in [-0.39, 0.29) is 5.57 Å². The fourth-order valence-electron chi connectivity index (χ4n) is 4.30. The molecule has 1 saturated heterocycles. The minimum absolute atomic E-state index is 0.0921. The van der Waals surface area contributed by atoms with Crippen molar-refractivity contribution in [3.05, 3.63) is 82.7 Å². The fraction of sp³-hybridized carbons (Fsp3) is 0.250. The fourth-order valence-corrected chi connectivity index (χ4v) is 4.30. The number of amides is 4. The lowest BCUT2D eigenvalue weighted by Gasteiger charge is -2.26. The van der Waals surface area contributed by atoms with Crippen LogP contribution in [0.3, 0.4) is 0 Å². The number of nitrogens with one attached hydrogen (secondary N) is 1. The Morgan fingerprint density at radius 3 is 2.20 bits per heavy atom. The van der Waals surface area contributed by atoms with Crippen LogP contribution in [0.5, 0.6) is 5.75 Å². The second-order valence-electron chi connectivity index (χ2n) is 8.72. The first kappa shape index (κ1) is 24.0. The second-order valence-corrected chi connectivity index (χ2v) is 8.72. The zero-order valence-corrected chi connectivity index (χ0v) is 20.6. The van der Waals surface area contributed by atoms with Crippen LogP contribution in [0.2, 0.25) is 0 Å². The van der Waals surface area contributed by atoms with Gasteiger partial charge in [0.05, 0.1) is 12.8 Å². The van der Waals surface area contributed by atoms with E-state index in [1.54, 1.807) is 25.3 Å². The molecule has 1 atom stereocenters. The highest BCUT2D eigenvalue weighted by Gasteiger charge is 2.37. The van der Waals surface area contributed by atoms with E-state index in [4.69, 9.17) is 4.74 Å². The average Bonchev–Trinajstić information content (AvgIpc) is 3.14. The number of anilines is 1. The largest absolute Gasteiger partial charge is 0.497 e. The summed E-state index contributed by atoms with van der Waals surface area (Å²) in [5.41, 5.74) is 4.91. The van der Waals surface area contributed by atoms with Gasteiger partial charge in [0.15, 0.2) is 0 Å². The van der Waals surface area contributed by atoms with Gasteiger partial charge >= 0.3 is 6.03 Å². The Labute approximate surface area is 205 Å². The third-order valence-corrected chi connectivity index (χ3v) is 6.54. The van der Waals surface area contributed by atoms with Crippen LogP contribution in [0.1, 0.15) is 48.7 Å². The highest BCUT2D eigenvalue weighted by molar-refractivity contribution is 6.39. The van der Waals surface area contributed by atoms with Crippen LogP contribution in [0.25, 0.3) is 11.8 Å². The molecule has 0 unspecified atom stereocenters. The number of rotatable bonds is 6. The summed E-state index contributed by atoms with van der Waals surface area (Å²) >= 11 is 0. The predicted octanol–water partition coefficient (Wildman–Crippen LogP) is 5.28. The van der Waals surface area contributed by atoms with Crippen LogP contribution >= 0.6 is 0 Å². The Bertz CT molecular complexity index is 1320. The quantitative estimate of drug-likeness (QED) is 0.392. The van der Waals surface area contributed by atoms with Gasteiger partial charge < -0.3 is 9.30 Å². The van der Waals surface area contributed by atoms with Crippen LogP contribution in [-0.4, -0.2) is 29.5 Å². The zero-order valence-electron chi connectivity index (χ0n) is 20.6. The molecule has 1 fully saturated rings. The van der Waals surface area contributed by atoms with Crippen molar-refractivity contribution >= 4 is 29.6 Å². The molecule has 2 aromatic carbocycles. The summed E-state index contributed by atoms with van der Waals surface area (Å²) in [6.07, 6.45) is 2.53. The van der Waals surface area contributed by atoms with Gasteiger partial charge in [-0.05, 0) is 85.9 Å². The molecule has 1 N–H and O–H groups in total. The smallest absolute Gasteiger partial charge is 0.335 e. The van der Waals surface area contributed by atoms with Crippen molar-refractivity contribution in [2.75, 3.05) is 12.0 Å². The van der Waals surface area contributed by atoms with Crippen molar-refractivity contribution in [1.29, 1.82) is 0 Å². The molecule has 0 aliphatic carbocycles. The van der Waals surface area contributed by atoms with E-state index < -0.39 is 17.8 Å². The van der Waals surface area contributed by atoms with E-state index in [1.807, 2.05) is 60.9 Å². The number of urea groups is 1. The third-order valence-electron chi connectivity index (χ3n) is 6.54. The van der Waals surface area contributed by atoms with Crippen LogP contribution in [0.15, 0.2) is 60.2 Å². The number of hydrogen-bond donors (Lipinski definition) is 1. The molecular formula is C28H29N3O4. The van der Waals surface area contributed by atoms with Crippen molar-refractivity contribution in [3.63, 3.8) is 0 Å². The van der Waals surface area contributed by atoms with Crippen molar-refractivity contribution in [2.24, 2.45) is 0 Å². The van der Waals surface area contributed by atoms with E-state index in [0.29, 0.717) is 11.6 Å². The van der Waals surface area contributed by atoms with Gasteiger partial charge in [0.25, 0.3) is 11.8 Å². The monoisotopic (exact) mass is 471 g/mol. The Balaban J connectivity index is 1.69. The predicted molar refractivity (Wildman–Crippen MR) is 136 cm³/mol. The highest BCUT2D eigenvalue weighted by Crippen LogP contribution is 2.28. The molecule has 1 aromatic heterocycles. The van der Waals surface area contributed by atoms with Gasteiger partial charge in [-0.25, -0.2) is 9.69 Å². The summed E-state index contributed by atoms with van der Waals surface area (Å²) in [6.45, 7) is 8.10. The first-order chi connectivity index (χ1) is 16.7. The zero-order chi connectivity index (χ0) is 25.3. The second kappa shape index (κ2) is 9.62. The Morgan fingerprint density at radius 1 is 0.971 bits per heavy atom. The van der Waals surface area contributed by atoms with E-state index in [2.05, 4.69) is 19.2 Å². The molecule has 7 heteroatoms. The highest BCUT2D eigenvalue weighted by atomic mass is 16.5. The number of nitrogens with zero attached hydrogens (tertiary/aromatic N) is 2. The van der Waals surface area contributed by atoms with Crippen LogP contribution in [0, 0.1) is 13.8 Å². The van der Waals surface area contributed by atoms with Gasteiger partial charge in [0.2, 0.25) is 0 Å². The van der Waals surface area contributed by atoms with Gasteiger partial charge in [-0.2, -0.15) is 0 Å². The van der Waals surface area contributed by atoms with E-state index in [9.17, 15) is 14.4 Å². The van der Waals surface area contributed by atoms with Crippen molar-refractivity contribution < 1.29 is 19.1 Å². The Hall–Kier alpha value is -4.13. The maximum Gasteiger partial charge on any atom is 0.335 e. The minimum Gasteiger partial charge on any atom is -0.497 e. The first-order valence-corrected chi connectivity index (χ1v) is 11.6. The van der Waals surface area contributed by atoms with Gasteiger partial charge in [-0.1, -0.05) is 26.0 Å². The number of barbiturate groups is 1. The number of aromatic nitrogens is 1. The molecule has 0 saturated carbocycles. The lowest BCUT2D eigenvalue weighted by Crippen LogP contribution is -2.54. The standard InChI is InChI=1S/C28H29N3O4/c1-6-17(2)20-7-9-23(10-8-20)31-27(33)25(26(32)29-28(31)34)16-21-15-18(3)30(19(21)4)22-11-13-24(35-5)14-12-22/h7-17H,6H2,1-5H3,(H,29,32,34)/b25-16-/t17-/m1/s1. The van der Waals surface area contributed by atoms with Gasteiger partial charge in [-0.15, -0.1) is 0 Å². The summed E-state index contributed by atoms with van der Waals surface area (Å²) < 4.78 is 7.28. The molecule has 4 rings (SSSR count). The average molecular weight is 472 g/mol. The van der Waals surface area contributed by atoms with Crippen LogP contribution < -0.4 is 15.0 Å². The lowest BCUT2D eigenvalue weighted by atomic mass is 9.98. The molecule has 7 nitrogen and oxygen atoms in total. The van der Waals surface area contributed by atoms with E-state index >= 15 is 0 Å². The van der Waals surface area contributed by atoms with E-state index in [0.717, 1.165) is 45.3 Å². The van der Waals surface area contributed by atoms with Gasteiger partial charge in [0, 0.05) is 17.1 Å². The molecule has 3 aromatic rings. The van der Waals surface area contributed by atoms with Crippen molar-refractivity contribution in [1.82, 2.24) is 9.88 Å². The third kappa shape index (κ3) is 4.49. The van der Waals surface area contributed by atoms with Crippen molar-refractivity contribution in [3.8, 4) is 11.4 Å². The number of methoxy groups -OCH3 is 1. The molecule has 0 radical (unpaired) electrons. The molecule has 4 amide bonds. The molecular weight excluding hydrogens is 442 g/mol. The molecule has 1 aliphatic rings. The van der Waals surface area contributed by atoms with Gasteiger partial charge in [0.1, 0.15) is 11.3 Å². The molecule has 0 spiro atoms. The molecule has 1 aliphatic heterocycles. The topological polar surface area (TPSA) is 80.6 Å². The summed E-state index contributed by atoms with van der Waals surface area (Å²) in [5, 5.41) is 2.30. The number of carbonyl (C=O) groups excluding carboxylic acids is 3. The molecule has 0 bridgehead atoms. The first-order valence-electron chi connectivity index (χ1n) is 11.6. The number of hydrogen-bond acceptors (Lipinski definition) is 4. The number of imide groups is 2. The normalized spacial score (nSPS) is 16.0. The SMILES string of the molecule is CC[C@@H](C)c1ccc(N2C(=O)NC(=O)/C(=C/c3cc(C)n(-c4ccc(OC)cc4)c3C)C2=O)cc1. The minimum atomic E-state index is -0.753.